The summed E-state index contributed by atoms with van der Waals surface area (Å²) >= 11 is 0. The summed E-state index contributed by atoms with van der Waals surface area (Å²) in [6, 6.07) is 7.65. The Hall–Kier alpha value is -1.39. The molecule has 1 amide bonds. The van der Waals surface area contributed by atoms with Crippen molar-refractivity contribution in [2.24, 2.45) is 5.92 Å². The topological polar surface area (TPSA) is 58.6 Å². The van der Waals surface area contributed by atoms with Gasteiger partial charge in [0.1, 0.15) is 0 Å². The molecule has 1 unspecified atom stereocenters. The van der Waals surface area contributed by atoms with Crippen molar-refractivity contribution in [1.29, 1.82) is 0 Å². The minimum atomic E-state index is -0.681. The van der Waals surface area contributed by atoms with Crippen LogP contribution < -0.4 is 5.32 Å². The van der Waals surface area contributed by atoms with E-state index >= 15 is 0 Å². The van der Waals surface area contributed by atoms with Crippen molar-refractivity contribution in [1.82, 2.24) is 5.32 Å². The van der Waals surface area contributed by atoms with Crippen molar-refractivity contribution in [2.45, 2.75) is 45.1 Å². The van der Waals surface area contributed by atoms with Gasteiger partial charge in [0.25, 0.3) is 5.91 Å². The van der Waals surface area contributed by atoms with Gasteiger partial charge in [0.05, 0.1) is 12.2 Å². The maximum atomic E-state index is 12.2. The number of hydrogen-bond acceptors (Lipinski definition) is 3. The number of carbonyl (C=O) groups excluding carboxylic acids is 1. The van der Waals surface area contributed by atoms with Crippen molar-refractivity contribution in [3.63, 3.8) is 0 Å². The fourth-order valence-electron chi connectivity index (χ4n) is 2.63. The second-order valence-electron chi connectivity index (χ2n) is 6.81. The Balaban J connectivity index is 1.86. The van der Waals surface area contributed by atoms with Gasteiger partial charge in [-0.25, -0.2) is 0 Å². The predicted octanol–water partition coefficient (Wildman–Crippen LogP) is 2.55. The molecule has 1 aromatic carbocycles. The molecule has 0 spiro atoms. The summed E-state index contributed by atoms with van der Waals surface area (Å²) in [4.78, 5) is 12.2. The van der Waals surface area contributed by atoms with Gasteiger partial charge in [-0.3, -0.25) is 4.79 Å². The Bertz CT molecular complexity index is 487. The number of nitrogens with one attached hydrogen (secondary N) is 1. The minimum Gasteiger partial charge on any atom is -0.390 e. The maximum Gasteiger partial charge on any atom is 0.251 e. The van der Waals surface area contributed by atoms with Crippen molar-refractivity contribution >= 4 is 5.91 Å². The van der Waals surface area contributed by atoms with Crippen LogP contribution in [-0.4, -0.2) is 36.4 Å². The van der Waals surface area contributed by atoms with E-state index in [1.54, 1.807) is 13.8 Å². The number of aliphatic hydroxyl groups is 1. The lowest BCUT2D eigenvalue weighted by molar-refractivity contribution is 0.0536. The molecule has 1 aromatic rings. The van der Waals surface area contributed by atoms with E-state index in [9.17, 15) is 9.90 Å². The van der Waals surface area contributed by atoms with Crippen LogP contribution in [0.15, 0.2) is 24.3 Å². The van der Waals surface area contributed by atoms with E-state index in [4.69, 9.17) is 4.74 Å². The van der Waals surface area contributed by atoms with Gasteiger partial charge in [-0.05, 0) is 63.1 Å². The molecule has 4 heteroatoms. The number of amides is 1. The second-order valence-corrected chi connectivity index (χ2v) is 6.81. The third kappa shape index (κ3) is 5.78. The van der Waals surface area contributed by atoms with Gasteiger partial charge >= 0.3 is 0 Å². The van der Waals surface area contributed by atoms with Gasteiger partial charge in [0.15, 0.2) is 0 Å². The molecule has 22 heavy (non-hydrogen) atoms. The molecule has 1 atom stereocenters. The standard InChI is InChI=1S/C18H27NO3/c1-18(2,21)9-8-14-5-3-7-16(11-14)17(20)19-12-15-6-4-10-22-13-15/h3,5,7,11,15,21H,4,6,8-10,12-13H2,1-2H3,(H,19,20). The van der Waals surface area contributed by atoms with Crippen LogP contribution in [0.2, 0.25) is 0 Å². The number of aryl methyl sites for hydroxylation is 1. The Morgan fingerprint density at radius 1 is 1.45 bits per heavy atom. The maximum absolute atomic E-state index is 12.2. The zero-order valence-corrected chi connectivity index (χ0v) is 13.6. The molecular weight excluding hydrogens is 278 g/mol. The average Bonchev–Trinajstić information content (AvgIpc) is 2.51. The summed E-state index contributed by atoms with van der Waals surface area (Å²) in [5.74, 6) is 0.395. The highest BCUT2D eigenvalue weighted by Gasteiger charge is 2.16. The summed E-state index contributed by atoms with van der Waals surface area (Å²) in [6.45, 7) is 5.86. The third-order valence-corrected chi connectivity index (χ3v) is 4.02. The molecule has 2 N–H and O–H groups in total. The van der Waals surface area contributed by atoms with E-state index in [0.29, 0.717) is 24.4 Å². The Kier molecular flexibility index (Phi) is 5.98. The molecule has 1 aliphatic heterocycles. The zero-order valence-electron chi connectivity index (χ0n) is 13.6. The van der Waals surface area contributed by atoms with E-state index in [1.165, 1.54) is 0 Å². The Labute approximate surface area is 132 Å². The van der Waals surface area contributed by atoms with Gasteiger partial charge in [0.2, 0.25) is 0 Å². The van der Waals surface area contributed by atoms with Crippen LogP contribution in [0.1, 0.15) is 49.0 Å². The highest BCUT2D eigenvalue weighted by atomic mass is 16.5. The van der Waals surface area contributed by atoms with Crippen LogP contribution in [0.5, 0.6) is 0 Å². The summed E-state index contributed by atoms with van der Waals surface area (Å²) in [5.41, 5.74) is 1.08. The quantitative estimate of drug-likeness (QED) is 0.849. The molecular formula is C18H27NO3. The molecule has 1 heterocycles. The first-order valence-electron chi connectivity index (χ1n) is 8.11. The lowest BCUT2D eigenvalue weighted by Crippen LogP contribution is -2.33. The zero-order chi connectivity index (χ0) is 16.0. The highest BCUT2D eigenvalue weighted by Crippen LogP contribution is 2.15. The third-order valence-electron chi connectivity index (χ3n) is 4.02. The molecule has 0 radical (unpaired) electrons. The average molecular weight is 305 g/mol. The summed E-state index contributed by atoms with van der Waals surface area (Å²) < 4.78 is 5.43. The van der Waals surface area contributed by atoms with Crippen molar-refractivity contribution < 1.29 is 14.6 Å². The normalized spacial score (nSPS) is 19.0. The van der Waals surface area contributed by atoms with Crippen LogP contribution >= 0.6 is 0 Å². The molecule has 0 aromatic heterocycles. The summed E-state index contributed by atoms with van der Waals surface area (Å²) in [5, 5.41) is 12.8. The molecule has 4 nitrogen and oxygen atoms in total. The van der Waals surface area contributed by atoms with Crippen molar-refractivity contribution in [3.05, 3.63) is 35.4 Å². The molecule has 2 rings (SSSR count). The van der Waals surface area contributed by atoms with Crippen LogP contribution in [0.25, 0.3) is 0 Å². The molecule has 1 saturated heterocycles. The van der Waals surface area contributed by atoms with Crippen LogP contribution in [0.4, 0.5) is 0 Å². The number of rotatable bonds is 6. The molecule has 0 bridgehead atoms. The van der Waals surface area contributed by atoms with Gasteiger partial charge < -0.3 is 15.2 Å². The SMILES string of the molecule is CC(C)(O)CCc1cccc(C(=O)NCC2CCCOC2)c1. The predicted molar refractivity (Wildman–Crippen MR) is 86.9 cm³/mol. The number of ether oxygens (including phenoxy) is 1. The van der Waals surface area contributed by atoms with Gasteiger partial charge in [-0.1, -0.05) is 12.1 Å². The van der Waals surface area contributed by atoms with Crippen LogP contribution in [0, 0.1) is 5.92 Å². The summed E-state index contributed by atoms with van der Waals surface area (Å²) in [6.07, 6.45) is 3.64. The fourth-order valence-corrected chi connectivity index (χ4v) is 2.63. The number of carbonyl (C=O) groups is 1. The van der Waals surface area contributed by atoms with Crippen LogP contribution in [0.3, 0.4) is 0 Å². The smallest absolute Gasteiger partial charge is 0.251 e. The van der Waals surface area contributed by atoms with E-state index < -0.39 is 5.60 Å². The number of hydrogen-bond donors (Lipinski definition) is 2. The lowest BCUT2D eigenvalue weighted by atomic mass is 9.97. The lowest BCUT2D eigenvalue weighted by Gasteiger charge is -2.22. The van der Waals surface area contributed by atoms with E-state index in [2.05, 4.69) is 5.32 Å². The summed E-state index contributed by atoms with van der Waals surface area (Å²) in [7, 11) is 0. The van der Waals surface area contributed by atoms with Gasteiger partial charge in [0, 0.05) is 18.7 Å². The molecule has 1 aliphatic rings. The highest BCUT2D eigenvalue weighted by molar-refractivity contribution is 5.94. The Morgan fingerprint density at radius 3 is 2.95 bits per heavy atom. The first-order chi connectivity index (χ1) is 10.4. The van der Waals surface area contributed by atoms with E-state index in [-0.39, 0.29) is 5.91 Å². The second kappa shape index (κ2) is 7.75. The van der Waals surface area contributed by atoms with Crippen molar-refractivity contribution in [2.75, 3.05) is 19.8 Å². The first kappa shape index (κ1) is 17.0. The first-order valence-corrected chi connectivity index (χ1v) is 8.11. The van der Waals surface area contributed by atoms with Crippen LogP contribution in [-0.2, 0) is 11.2 Å². The number of benzene rings is 1. The van der Waals surface area contributed by atoms with Crippen molar-refractivity contribution in [3.8, 4) is 0 Å². The molecule has 0 saturated carbocycles. The fraction of sp³-hybridized carbons (Fsp3) is 0.611. The molecule has 122 valence electrons. The minimum absolute atomic E-state index is 0.0318. The Morgan fingerprint density at radius 2 is 2.27 bits per heavy atom. The van der Waals surface area contributed by atoms with E-state index in [1.807, 2.05) is 24.3 Å². The van der Waals surface area contributed by atoms with Gasteiger partial charge in [-0.2, -0.15) is 0 Å². The monoisotopic (exact) mass is 305 g/mol. The van der Waals surface area contributed by atoms with E-state index in [0.717, 1.165) is 38.0 Å². The molecule has 0 aliphatic carbocycles. The van der Waals surface area contributed by atoms with Gasteiger partial charge in [-0.15, -0.1) is 0 Å². The molecule has 1 fully saturated rings. The largest absolute Gasteiger partial charge is 0.390 e.